The molecule has 5 nitrogen and oxygen atoms in total. The molecule has 0 aliphatic rings. The Hall–Kier alpha value is -1.10. The Balaban J connectivity index is 4.03. The Morgan fingerprint density at radius 1 is 1.31 bits per heavy atom. The van der Waals surface area contributed by atoms with Gasteiger partial charge in [0.15, 0.2) is 0 Å². The molecule has 16 heavy (non-hydrogen) atoms. The summed E-state index contributed by atoms with van der Waals surface area (Å²) in [4.78, 5) is 22.7. The van der Waals surface area contributed by atoms with Gasteiger partial charge in [-0.05, 0) is 27.2 Å². The summed E-state index contributed by atoms with van der Waals surface area (Å²) >= 11 is 0. The highest BCUT2D eigenvalue weighted by atomic mass is 16.5. The Bertz CT molecular complexity index is 246. The van der Waals surface area contributed by atoms with Gasteiger partial charge in [-0.15, -0.1) is 0 Å². The first-order chi connectivity index (χ1) is 7.30. The van der Waals surface area contributed by atoms with E-state index in [1.54, 1.807) is 0 Å². The molecule has 0 rings (SSSR count). The largest absolute Gasteiger partial charge is 0.468 e. The highest BCUT2D eigenvalue weighted by molar-refractivity contribution is 5.80. The molecular formula is C11H22N2O3. The summed E-state index contributed by atoms with van der Waals surface area (Å²) in [5, 5.41) is 5.66. The standard InChI is InChI=1S/C11H22N2O3/c1-6-8(10(15)16-5)12-7-9(14)13-11(2,3)4/h8,12H,6-7H2,1-5H3,(H,13,14). The summed E-state index contributed by atoms with van der Waals surface area (Å²) in [5.41, 5.74) is -0.258. The zero-order valence-corrected chi connectivity index (χ0v) is 10.7. The Kier molecular flexibility index (Phi) is 6.03. The summed E-state index contributed by atoms with van der Waals surface area (Å²) in [5.74, 6) is -0.471. The van der Waals surface area contributed by atoms with Crippen LogP contribution in [0.1, 0.15) is 34.1 Å². The maximum Gasteiger partial charge on any atom is 0.322 e. The zero-order chi connectivity index (χ0) is 12.8. The van der Waals surface area contributed by atoms with Crippen LogP contribution in [0.15, 0.2) is 0 Å². The molecule has 0 saturated carbocycles. The minimum absolute atomic E-state index is 0.116. The van der Waals surface area contributed by atoms with Crippen molar-refractivity contribution >= 4 is 11.9 Å². The SMILES string of the molecule is CCC(NCC(=O)NC(C)(C)C)C(=O)OC. The Morgan fingerprint density at radius 2 is 1.88 bits per heavy atom. The second-order valence-corrected chi connectivity index (χ2v) is 4.66. The molecule has 5 heteroatoms. The van der Waals surface area contributed by atoms with Gasteiger partial charge in [-0.1, -0.05) is 6.92 Å². The average molecular weight is 230 g/mol. The number of ether oxygens (including phenoxy) is 1. The highest BCUT2D eigenvalue weighted by Crippen LogP contribution is 1.98. The highest BCUT2D eigenvalue weighted by Gasteiger charge is 2.19. The van der Waals surface area contributed by atoms with Crippen molar-refractivity contribution in [3.05, 3.63) is 0 Å². The van der Waals surface area contributed by atoms with Crippen LogP contribution in [-0.2, 0) is 14.3 Å². The lowest BCUT2D eigenvalue weighted by molar-refractivity contribution is -0.143. The third-order valence-corrected chi connectivity index (χ3v) is 1.92. The van der Waals surface area contributed by atoms with Crippen LogP contribution >= 0.6 is 0 Å². The molecule has 0 fully saturated rings. The number of methoxy groups -OCH3 is 1. The van der Waals surface area contributed by atoms with E-state index in [0.29, 0.717) is 6.42 Å². The first-order valence-electron chi connectivity index (χ1n) is 5.42. The van der Waals surface area contributed by atoms with E-state index in [0.717, 1.165) is 0 Å². The van der Waals surface area contributed by atoms with Gasteiger partial charge in [0.1, 0.15) is 6.04 Å². The van der Waals surface area contributed by atoms with Crippen LogP contribution in [0.25, 0.3) is 0 Å². The van der Waals surface area contributed by atoms with Crippen molar-refractivity contribution in [3.63, 3.8) is 0 Å². The van der Waals surface area contributed by atoms with Gasteiger partial charge < -0.3 is 10.1 Å². The minimum atomic E-state index is -0.421. The predicted octanol–water partition coefficient (Wildman–Crippen LogP) is 0.442. The lowest BCUT2D eigenvalue weighted by Crippen LogP contribution is -2.48. The summed E-state index contributed by atoms with van der Waals surface area (Å²) in [6.45, 7) is 7.69. The van der Waals surface area contributed by atoms with Crippen LogP contribution in [0, 0.1) is 0 Å². The number of rotatable bonds is 5. The van der Waals surface area contributed by atoms with E-state index < -0.39 is 6.04 Å². The van der Waals surface area contributed by atoms with Gasteiger partial charge in [-0.25, -0.2) is 0 Å². The van der Waals surface area contributed by atoms with Crippen molar-refractivity contribution in [3.8, 4) is 0 Å². The van der Waals surface area contributed by atoms with Crippen molar-refractivity contribution in [2.45, 2.75) is 45.7 Å². The molecule has 0 aliphatic heterocycles. The van der Waals surface area contributed by atoms with Gasteiger partial charge >= 0.3 is 5.97 Å². The fourth-order valence-corrected chi connectivity index (χ4v) is 1.21. The molecule has 0 saturated heterocycles. The molecule has 1 atom stereocenters. The van der Waals surface area contributed by atoms with Gasteiger partial charge in [0.2, 0.25) is 5.91 Å². The maximum absolute atomic E-state index is 11.5. The number of esters is 1. The number of nitrogens with one attached hydrogen (secondary N) is 2. The van der Waals surface area contributed by atoms with Crippen LogP contribution < -0.4 is 10.6 Å². The predicted molar refractivity (Wildman–Crippen MR) is 62.0 cm³/mol. The number of carbonyl (C=O) groups is 2. The number of hydrogen-bond acceptors (Lipinski definition) is 4. The van der Waals surface area contributed by atoms with Gasteiger partial charge in [-0.2, -0.15) is 0 Å². The quantitative estimate of drug-likeness (QED) is 0.673. The Morgan fingerprint density at radius 3 is 2.25 bits per heavy atom. The first kappa shape index (κ1) is 14.9. The molecule has 2 N–H and O–H groups in total. The fourth-order valence-electron chi connectivity index (χ4n) is 1.21. The van der Waals surface area contributed by atoms with Gasteiger partial charge in [-0.3, -0.25) is 14.9 Å². The van der Waals surface area contributed by atoms with E-state index in [2.05, 4.69) is 15.4 Å². The van der Waals surface area contributed by atoms with Crippen LogP contribution in [0.5, 0.6) is 0 Å². The van der Waals surface area contributed by atoms with Crippen molar-refractivity contribution in [1.29, 1.82) is 0 Å². The summed E-state index contributed by atoms with van der Waals surface area (Å²) in [7, 11) is 1.34. The lowest BCUT2D eigenvalue weighted by atomic mass is 10.1. The second-order valence-electron chi connectivity index (χ2n) is 4.66. The van der Waals surface area contributed by atoms with Gasteiger partial charge in [0.05, 0.1) is 13.7 Å². The van der Waals surface area contributed by atoms with E-state index in [4.69, 9.17) is 0 Å². The molecule has 0 aromatic carbocycles. The van der Waals surface area contributed by atoms with Crippen molar-refractivity contribution in [2.75, 3.05) is 13.7 Å². The molecule has 1 unspecified atom stereocenters. The molecular weight excluding hydrogens is 208 g/mol. The van der Waals surface area contributed by atoms with E-state index in [9.17, 15) is 9.59 Å². The molecule has 0 heterocycles. The van der Waals surface area contributed by atoms with Crippen molar-refractivity contribution < 1.29 is 14.3 Å². The second kappa shape index (κ2) is 6.48. The van der Waals surface area contributed by atoms with Crippen LogP contribution in [0.2, 0.25) is 0 Å². The van der Waals surface area contributed by atoms with E-state index in [-0.39, 0.29) is 24.0 Å². The van der Waals surface area contributed by atoms with E-state index in [1.165, 1.54) is 7.11 Å². The van der Waals surface area contributed by atoms with Crippen molar-refractivity contribution in [2.24, 2.45) is 0 Å². The monoisotopic (exact) mass is 230 g/mol. The summed E-state index contributed by atoms with van der Waals surface area (Å²) in [6.07, 6.45) is 0.593. The number of hydrogen-bond donors (Lipinski definition) is 2. The maximum atomic E-state index is 11.5. The van der Waals surface area contributed by atoms with Crippen LogP contribution in [0.4, 0.5) is 0 Å². The van der Waals surface area contributed by atoms with E-state index >= 15 is 0 Å². The number of carbonyl (C=O) groups excluding carboxylic acids is 2. The smallest absolute Gasteiger partial charge is 0.322 e. The fraction of sp³-hybridized carbons (Fsp3) is 0.818. The molecule has 0 aliphatic carbocycles. The topological polar surface area (TPSA) is 67.4 Å². The minimum Gasteiger partial charge on any atom is -0.468 e. The van der Waals surface area contributed by atoms with E-state index in [1.807, 2.05) is 27.7 Å². The summed E-state index contributed by atoms with van der Waals surface area (Å²) < 4.78 is 4.60. The molecule has 0 bridgehead atoms. The molecule has 0 radical (unpaired) electrons. The molecule has 0 spiro atoms. The molecule has 94 valence electrons. The summed E-state index contributed by atoms with van der Waals surface area (Å²) in [6, 6.07) is -0.421. The number of amides is 1. The molecule has 0 aromatic rings. The molecule has 0 aromatic heterocycles. The molecule has 1 amide bonds. The zero-order valence-electron chi connectivity index (χ0n) is 10.7. The lowest BCUT2D eigenvalue weighted by Gasteiger charge is -2.21. The average Bonchev–Trinajstić information content (AvgIpc) is 2.15. The van der Waals surface area contributed by atoms with Gasteiger partial charge in [0.25, 0.3) is 0 Å². The third kappa shape index (κ3) is 6.40. The first-order valence-corrected chi connectivity index (χ1v) is 5.42. The van der Waals surface area contributed by atoms with Crippen molar-refractivity contribution in [1.82, 2.24) is 10.6 Å². The van der Waals surface area contributed by atoms with Gasteiger partial charge in [0, 0.05) is 5.54 Å². The van der Waals surface area contributed by atoms with Crippen LogP contribution in [0.3, 0.4) is 0 Å². The third-order valence-electron chi connectivity index (χ3n) is 1.92. The normalized spacial score (nSPS) is 13.1. The Labute approximate surface area is 96.9 Å². The van der Waals surface area contributed by atoms with Crippen LogP contribution in [-0.4, -0.2) is 37.1 Å².